The third kappa shape index (κ3) is 3.98. The average Bonchev–Trinajstić information content (AvgIpc) is 2.33. The summed E-state index contributed by atoms with van der Waals surface area (Å²) in [7, 11) is 0. The van der Waals surface area contributed by atoms with Crippen LogP contribution in [0.5, 0.6) is 0 Å². The number of carboxylic acids is 1. The van der Waals surface area contributed by atoms with E-state index < -0.39 is 18.4 Å². The van der Waals surface area contributed by atoms with Gasteiger partial charge in [-0.1, -0.05) is 18.2 Å². The Bertz CT molecular complexity index is 430. The van der Waals surface area contributed by atoms with Crippen LogP contribution in [0.2, 0.25) is 0 Å². The van der Waals surface area contributed by atoms with Gasteiger partial charge in [-0.3, -0.25) is 9.59 Å². The van der Waals surface area contributed by atoms with Crippen molar-refractivity contribution in [2.24, 2.45) is 0 Å². The molecule has 5 nitrogen and oxygen atoms in total. The third-order valence-electron chi connectivity index (χ3n) is 2.01. The Hall–Kier alpha value is -2.30. The standard InChI is InChI=1S/C12H14N2O3/c1-2-7-13-10-6-4-3-5-9(10)12(17)14-8-11(15)16/h2-6,13H,1,7-8H2,(H,14,17)(H,15,16). The van der Waals surface area contributed by atoms with Gasteiger partial charge in [-0.15, -0.1) is 6.58 Å². The number of nitrogens with one attached hydrogen (secondary N) is 2. The van der Waals surface area contributed by atoms with Gasteiger partial charge in [0.2, 0.25) is 0 Å². The minimum absolute atomic E-state index is 0.394. The molecule has 0 unspecified atom stereocenters. The number of rotatable bonds is 6. The van der Waals surface area contributed by atoms with Crippen LogP contribution in [-0.2, 0) is 4.79 Å². The van der Waals surface area contributed by atoms with E-state index in [1.54, 1.807) is 30.3 Å². The molecule has 0 aliphatic heterocycles. The van der Waals surface area contributed by atoms with Crippen molar-refractivity contribution in [3.63, 3.8) is 0 Å². The topological polar surface area (TPSA) is 78.4 Å². The van der Waals surface area contributed by atoms with Crippen LogP contribution >= 0.6 is 0 Å². The Morgan fingerprint density at radius 1 is 1.35 bits per heavy atom. The van der Waals surface area contributed by atoms with E-state index in [9.17, 15) is 9.59 Å². The van der Waals surface area contributed by atoms with E-state index in [0.717, 1.165) is 0 Å². The van der Waals surface area contributed by atoms with Crippen molar-refractivity contribution < 1.29 is 14.7 Å². The number of carbonyl (C=O) groups is 2. The first-order chi connectivity index (χ1) is 8.15. The summed E-state index contributed by atoms with van der Waals surface area (Å²) in [4.78, 5) is 22.0. The van der Waals surface area contributed by atoms with E-state index in [2.05, 4.69) is 17.2 Å². The van der Waals surface area contributed by atoms with Crippen molar-refractivity contribution in [1.82, 2.24) is 5.32 Å². The number of benzene rings is 1. The fourth-order valence-electron chi connectivity index (χ4n) is 1.27. The van der Waals surface area contributed by atoms with Crippen molar-refractivity contribution >= 4 is 17.6 Å². The second-order valence-corrected chi connectivity index (χ2v) is 3.29. The number of hydrogen-bond acceptors (Lipinski definition) is 3. The number of hydrogen-bond donors (Lipinski definition) is 3. The summed E-state index contributed by atoms with van der Waals surface area (Å²) in [6.07, 6.45) is 1.67. The molecule has 0 fully saturated rings. The van der Waals surface area contributed by atoms with E-state index in [4.69, 9.17) is 5.11 Å². The Kier molecular flexibility index (Phi) is 4.75. The Labute approximate surface area is 99.1 Å². The maximum absolute atomic E-state index is 11.7. The molecule has 0 aliphatic rings. The highest BCUT2D eigenvalue weighted by Gasteiger charge is 2.10. The van der Waals surface area contributed by atoms with Crippen LogP contribution in [0.1, 0.15) is 10.4 Å². The van der Waals surface area contributed by atoms with Crippen molar-refractivity contribution in [3.8, 4) is 0 Å². The Balaban J connectivity index is 2.77. The van der Waals surface area contributed by atoms with Crippen molar-refractivity contribution in [1.29, 1.82) is 0 Å². The number of carboxylic acid groups (broad SMARTS) is 1. The van der Waals surface area contributed by atoms with Gasteiger partial charge in [-0.25, -0.2) is 0 Å². The van der Waals surface area contributed by atoms with E-state index in [-0.39, 0.29) is 0 Å². The minimum atomic E-state index is -1.07. The maximum Gasteiger partial charge on any atom is 0.322 e. The molecule has 0 aromatic heterocycles. The van der Waals surface area contributed by atoms with Gasteiger partial charge in [0, 0.05) is 12.2 Å². The molecule has 1 amide bonds. The molecule has 0 saturated carbocycles. The van der Waals surface area contributed by atoms with Crippen LogP contribution < -0.4 is 10.6 Å². The molecule has 1 rings (SSSR count). The molecule has 1 aromatic carbocycles. The fourth-order valence-corrected chi connectivity index (χ4v) is 1.27. The summed E-state index contributed by atoms with van der Waals surface area (Å²) < 4.78 is 0. The zero-order valence-electron chi connectivity index (χ0n) is 9.27. The van der Waals surface area contributed by atoms with Crippen LogP contribution in [-0.4, -0.2) is 30.1 Å². The van der Waals surface area contributed by atoms with Gasteiger partial charge in [0.15, 0.2) is 0 Å². The first kappa shape index (κ1) is 12.8. The number of para-hydroxylation sites is 1. The Morgan fingerprint density at radius 3 is 2.71 bits per heavy atom. The fraction of sp³-hybridized carbons (Fsp3) is 0.167. The highest BCUT2D eigenvalue weighted by molar-refractivity contribution is 6.00. The van der Waals surface area contributed by atoms with Crippen LogP contribution in [0, 0.1) is 0 Å². The van der Waals surface area contributed by atoms with Gasteiger partial charge < -0.3 is 15.7 Å². The largest absolute Gasteiger partial charge is 0.480 e. The lowest BCUT2D eigenvalue weighted by Gasteiger charge is -2.09. The SMILES string of the molecule is C=CCNc1ccccc1C(=O)NCC(=O)O. The molecule has 0 aliphatic carbocycles. The zero-order chi connectivity index (χ0) is 12.7. The summed E-state index contributed by atoms with van der Waals surface area (Å²) in [6, 6.07) is 6.88. The van der Waals surface area contributed by atoms with Gasteiger partial charge in [0.25, 0.3) is 5.91 Å². The van der Waals surface area contributed by atoms with Crippen LogP contribution in [0.25, 0.3) is 0 Å². The summed E-state index contributed by atoms with van der Waals surface area (Å²) in [5, 5.41) is 13.8. The molecule has 0 radical (unpaired) electrons. The minimum Gasteiger partial charge on any atom is -0.480 e. The molecule has 3 N–H and O–H groups in total. The lowest BCUT2D eigenvalue weighted by atomic mass is 10.1. The quantitative estimate of drug-likeness (QED) is 0.644. The zero-order valence-corrected chi connectivity index (χ0v) is 9.27. The summed E-state index contributed by atoms with van der Waals surface area (Å²) in [6.45, 7) is 3.71. The number of carbonyl (C=O) groups excluding carboxylic acids is 1. The van der Waals surface area contributed by atoms with E-state index in [1.165, 1.54) is 0 Å². The van der Waals surface area contributed by atoms with Crippen molar-refractivity contribution in [3.05, 3.63) is 42.5 Å². The molecule has 0 saturated heterocycles. The number of amides is 1. The van der Waals surface area contributed by atoms with Crippen molar-refractivity contribution in [2.75, 3.05) is 18.4 Å². The molecule has 17 heavy (non-hydrogen) atoms. The lowest BCUT2D eigenvalue weighted by Crippen LogP contribution is -2.29. The second-order valence-electron chi connectivity index (χ2n) is 3.29. The predicted molar refractivity (Wildman–Crippen MR) is 65.1 cm³/mol. The van der Waals surface area contributed by atoms with Gasteiger partial charge >= 0.3 is 5.97 Å². The van der Waals surface area contributed by atoms with Crippen LogP contribution in [0.3, 0.4) is 0 Å². The smallest absolute Gasteiger partial charge is 0.322 e. The molecule has 90 valence electrons. The highest BCUT2D eigenvalue weighted by atomic mass is 16.4. The molecule has 1 aromatic rings. The first-order valence-electron chi connectivity index (χ1n) is 5.09. The molecule has 0 heterocycles. The normalized spacial score (nSPS) is 9.41. The van der Waals surface area contributed by atoms with Gasteiger partial charge in [-0.2, -0.15) is 0 Å². The van der Waals surface area contributed by atoms with Crippen LogP contribution in [0.4, 0.5) is 5.69 Å². The van der Waals surface area contributed by atoms with E-state index >= 15 is 0 Å². The lowest BCUT2D eigenvalue weighted by molar-refractivity contribution is -0.135. The molecular formula is C12H14N2O3. The number of anilines is 1. The average molecular weight is 234 g/mol. The second kappa shape index (κ2) is 6.32. The molecule has 5 heteroatoms. The molecular weight excluding hydrogens is 220 g/mol. The highest BCUT2D eigenvalue weighted by Crippen LogP contribution is 2.14. The van der Waals surface area contributed by atoms with Gasteiger partial charge in [-0.05, 0) is 12.1 Å². The van der Waals surface area contributed by atoms with E-state index in [0.29, 0.717) is 17.8 Å². The maximum atomic E-state index is 11.7. The summed E-state index contributed by atoms with van der Waals surface area (Å²) in [5.41, 5.74) is 1.06. The Morgan fingerprint density at radius 2 is 2.06 bits per heavy atom. The van der Waals surface area contributed by atoms with E-state index in [1.807, 2.05) is 0 Å². The van der Waals surface area contributed by atoms with Gasteiger partial charge in [0.05, 0.1) is 5.56 Å². The first-order valence-corrected chi connectivity index (χ1v) is 5.09. The predicted octanol–water partition coefficient (Wildman–Crippen LogP) is 1.10. The van der Waals surface area contributed by atoms with Crippen molar-refractivity contribution in [2.45, 2.75) is 0 Å². The van der Waals surface area contributed by atoms with Gasteiger partial charge in [0.1, 0.15) is 6.54 Å². The number of aliphatic carboxylic acids is 1. The van der Waals surface area contributed by atoms with Crippen LogP contribution in [0.15, 0.2) is 36.9 Å². The monoisotopic (exact) mass is 234 g/mol. The molecule has 0 bridgehead atoms. The summed E-state index contributed by atoms with van der Waals surface area (Å²) in [5.74, 6) is -1.49. The molecule has 0 atom stereocenters. The third-order valence-corrected chi connectivity index (χ3v) is 2.01. The molecule has 0 spiro atoms. The summed E-state index contributed by atoms with van der Waals surface area (Å²) >= 11 is 0.